The molecule has 9 N–H and O–H groups in total. The molecule has 132 heavy (non-hydrogen) atoms. The van der Waals surface area contributed by atoms with Crippen molar-refractivity contribution in [1.29, 1.82) is 0 Å². The second kappa shape index (κ2) is 63.5. The van der Waals surface area contributed by atoms with Crippen molar-refractivity contribution in [3.8, 4) is 5.75 Å². The highest BCUT2D eigenvalue weighted by Crippen LogP contribution is 2.32. The van der Waals surface area contributed by atoms with Crippen LogP contribution in [0.4, 0.5) is 0 Å². The summed E-state index contributed by atoms with van der Waals surface area (Å²) in [4.78, 5) is 213. The van der Waals surface area contributed by atoms with E-state index in [1.807, 2.05) is 0 Å². The van der Waals surface area contributed by atoms with E-state index in [0.29, 0.717) is 6.42 Å². The van der Waals surface area contributed by atoms with Crippen LogP contribution in [0, 0.1) is 0 Å². The Kier molecular flexibility index (Phi) is 54.8. The lowest BCUT2D eigenvalue weighted by atomic mass is 9.96. The van der Waals surface area contributed by atoms with Crippen LogP contribution in [0.25, 0.3) is 0 Å². The maximum absolute atomic E-state index is 14.1. The van der Waals surface area contributed by atoms with Gasteiger partial charge in [-0.05, 0) is 24.1 Å². The Balaban J connectivity index is 1.45. The molecular formula is C83H128N8O41. The number of aromatic hydroxyl groups is 1. The molecule has 0 saturated carbocycles. The first-order valence-electron chi connectivity index (χ1n) is 42.7. The van der Waals surface area contributed by atoms with Crippen LogP contribution in [0.2, 0.25) is 0 Å². The summed E-state index contributed by atoms with van der Waals surface area (Å²) >= 11 is 0. The van der Waals surface area contributed by atoms with Crippen LogP contribution >= 0.6 is 0 Å². The van der Waals surface area contributed by atoms with Crippen LogP contribution in [-0.4, -0.2) is 375 Å². The number of benzene rings is 1. The molecule has 746 valence electrons. The summed E-state index contributed by atoms with van der Waals surface area (Å²) in [6.07, 6.45) is -16.3. The maximum atomic E-state index is 14.1. The molecule has 0 spiro atoms. The predicted molar refractivity (Wildman–Crippen MR) is 444 cm³/mol. The van der Waals surface area contributed by atoms with Gasteiger partial charge in [-0.15, -0.1) is 0 Å². The van der Waals surface area contributed by atoms with Gasteiger partial charge in [-0.25, -0.2) is 0 Å². The van der Waals surface area contributed by atoms with Crippen LogP contribution in [0.1, 0.15) is 121 Å². The minimum absolute atomic E-state index is 0.0316. The lowest BCUT2D eigenvalue weighted by Crippen LogP contribution is -2.66. The monoisotopic (exact) mass is 1890 g/mol. The number of carbonyl (C=O) groups is 17. The first-order valence-corrected chi connectivity index (χ1v) is 42.7. The Bertz CT molecular complexity index is 3500. The smallest absolute Gasteiger partial charge is 0.303 e. The third-order valence-electron chi connectivity index (χ3n) is 18.4. The molecule has 49 nitrogen and oxygen atoms in total. The normalized spacial score (nSPS) is 21.5. The zero-order valence-corrected chi connectivity index (χ0v) is 76.4. The highest BCUT2D eigenvalue weighted by molar-refractivity contribution is 5.79. The van der Waals surface area contributed by atoms with E-state index in [1.54, 1.807) is 12.1 Å². The molecule has 49 heteroatoms. The van der Waals surface area contributed by atoms with Crippen LogP contribution < -0.4 is 42.5 Å². The third-order valence-corrected chi connectivity index (χ3v) is 18.4. The van der Waals surface area contributed by atoms with Gasteiger partial charge in [-0.3, -0.25) is 81.5 Å². The van der Waals surface area contributed by atoms with E-state index in [1.165, 1.54) is 32.9 Å². The van der Waals surface area contributed by atoms with E-state index >= 15 is 0 Å². The standard InChI is InChI=1S/C83H128N8O41/c1-49(92)88-71-77(127-58(10)101)74(124-55(7)98)63(43-121-52(4)95)130-80(71)118-40-37-112-32-24-85-67(106)19-28-115-46-83(91-70(109)22-27-110-35-36-111-31-23-84-66(105)18-15-61-13-16-62(104)17-14-61,47-116-29-20-68(107)86-25-33-113-38-41-119-81-72(89-50(2)93)78(128-59(11)102)75(125-56(8)99)64(131-81)44-122-53(5)96)48-117-30-21-69(108)87-26-34-114-39-42-120-82-73(90-51(3)94)79(129-60(12)103)76(126-57(9)100)65(132-82)45-123-54(6)97/h13-14,16-17,63-65,71-82,104H,15,18-48H2,1-12H3,(H,84,105)(H,85,106)(H,86,107)(H,87,108)(H,88,92)(H,89,93)(H,90,94)(H,91,109)/t63-,64-,65-,71-,72-,73-,74+,75+,76+,77-,78-,79-,80-,81-,82-/m1/s1. The molecule has 1 aromatic carbocycles. The van der Waals surface area contributed by atoms with E-state index in [4.69, 9.17) is 109 Å². The van der Waals surface area contributed by atoms with Crippen LogP contribution in [0.5, 0.6) is 5.75 Å². The molecule has 3 aliphatic rings. The van der Waals surface area contributed by atoms with Crippen molar-refractivity contribution in [2.75, 3.05) is 172 Å². The first-order chi connectivity index (χ1) is 62.8. The molecule has 3 heterocycles. The molecule has 0 bridgehead atoms. The molecule has 8 amide bonds. The number of hydrogen-bond donors (Lipinski definition) is 9. The summed E-state index contributed by atoms with van der Waals surface area (Å²) in [6, 6.07) is 2.79. The van der Waals surface area contributed by atoms with E-state index in [0.717, 1.165) is 67.9 Å². The van der Waals surface area contributed by atoms with Crippen molar-refractivity contribution in [1.82, 2.24) is 42.5 Å². The number of phenols is 1. The number of esters is 9. The molecule has 0 aromatic heterocycles. The fourth-order valence-corrected chi connectivity index (χ4v) is 13.0. The summed E-state index contributed by atoms with van der Waals surface area (Å²) in [5, 5.41) is 31.1. The van der Waals surface area contributed by atoms with Gasteiger partial charge in [0.05, 0.1) is 126 Å². The Morgan fingerprint density at radius 3 is 0.841 bits per heavy atom. The highest BCUT2D eigenvalue weighted by atomic mass is 16.7. The van der Waals surface area contributed by atoms with E-state index < -0.39 is 232 Å². The van der Waals surface area contributed by atoms with Gasteiger partial charge in [0.1, 0.15) is 67.5 Å². The van der Waals surface area contributed by atoms with Crippen molar-refractivity contribution >= 4 is 101 Å². The zero-order chi connectivity index (χ0) is 97.5. The van der Waals surface area contributed by atoms with E-state index in [9.17, 15) is 86.6 Å². The molecule has 3 aliphatic heterocycles. The van der Waals surface area contributed by atoms with Gasteiger partial charge in [0.25, 0.3) is 0 Å². The SMILES string of the molecule is CC(=O)N[C@H]1[C@H](OCCOCCNC(=O)CCOCC(COCCC(=O)NCCOCCO[C@@H]2O[C@H](COC(C)=O)[C@H](OC(C)=O)[C@H](OC(C)=O)[C@H]2NC(C)=O)(COCCC(=O)NCCOCCO[C@@H]2O[C@H](COC(C)=O)[C@H](OC(C)=O)[C@H](OC(C)=O)[C@H]2NC(C)=O)NC(=O)CCOCCOCCNC(=O)CCc2ccc(O)cc2)O[C@H](COC(C)=O)[C@H](OC(C)=O)[C@@H]1OC(C)=O. The Labute approximate surface area is 762 Å². The van der Waals surface area contributed by atoms with Gasteiger partial charge in [-0.2, -0.15) is 0 Å². The van der Waals surface area contributed by atoms with Gasteiger partial charge in [0.15, 0.2) is 55.5 Å². The van der Waals surface area contributed by atoms with Crippen molar-refractivity contribution in [3.05, 3.63) is 29.8 Å². The largest absolute Gasteiger partial charge is 0.508 e. The number of hydrogen-bond acceptors (Lipinski definition) is 41. The Hall–Kier alpha value is -10.6. The fraction of sp³-hybridized carbons (Fsp3) is 0.723. The lowest BCUT2D eigenvalue weighted by molar-refractivity contribution is -0.279. The summed E-state index contributed by atoms with van der Waals surface area (Å²) in [6.45, 7) is 9.22. The van der Waals surface area contributed by atoms with Gasteiger partial charge < -0.3 is 157 Å². The summed E-state index contributed by atoms with van der Waals surface area (Å²) in [5.41, 5.74) is -0.756. The number of aryl methyl sites for hydroxylation is 1. The zero-order valence-electron chi connectivity index (χ0n) is 76.4. The van der Waals surface area contributed by atoms with E-state index in [-0.39, 0.29) is 176 Å². The molecule has 3 saturated heterocycles. The number of ether oxygens (including phenoxy) is 23. The van der Waals surface area contributed by atoms with Gasteiger partial charge >= 0.3 is 53.7 Å². The molecule has 1 aromatic rings. The molecule has 15 atom stereocenters. The van der Waals surface area contributed by atoms with Gasteiger partial charge in [0.2, 0.25) is 47.3 Å². The van der Waals surface area contributed by atoms with Crippen molar-refractivity contribution in [3.63, 3.8) is 0 Å². The topological polar surface area (TPSA) is 619 Å². The number of carbonyl (C=O) groups excluding carboxylic acids is 17. The van der Waals surface area contributed by atoms with Crippen molar-refractivity contribution in [2.24, 2.45) is 0 Å². The van der Waals surface area contributed by atoms with Crippen LogP contribution in [0.3, 0.4) is 0 Å². The molecule has 3 fully saturated rings. The lowest BCUT2D eigenvalue weighted by Gasteiger charge is -2.44. The number of nitrogens with one attached hydrogen (secondary N) is 8. The van der Waals surface area contributed by atoms with Crippen LogP contribution in [0.15, 0.2) is 24.3 Å². The molecule has 4 rings (SSSR count). The Morgan fingerprint density at radius 2 is 0.561 bits per heavy atom. The number of amides is 8. The maximum Gasteiger partial charge on any atom is 0.303 e. The van der Waals surface area contributed by atoms with Crippen LogP contribution in [-0.2, 0) is 197 Å². The Morgan fingerprint density at radius 1 is 0.303 bits per heavy atom. The van der Waals surface area contributed by atoms with Crippen molar-refractivity contribution < 1.29 is 196 Å². The fourth-order valence-electron chi connectivity index (χ4n) is 13.0. The average Bonchev–Trinajstić information content (AvgIpc) is 0.800. The van der Waals surface area contributed by atoms with Gasteiger partial charge in [-0.1, -0.05) is 12.1 Å². The quantitative estimate of drug-likeness (QED) is 0.0173. The average molecular weight is 1890 g/mol. The highest BCUT2D eigenvalue weighted by Gasteiger charge is 2.55. The van der Waals surface area contributed by atoms with Gasteiger partial charge in [0, 0.05) is 141 Å². The van der Waals surface area contributed by atoms with Crippen molar-refractivity contribution in [2.45, 2.75) is 219 Å². The second-order valence-electron chi connectivity index (χ2n) is 29.9. The first kappa shape index (κ1) is 114. The third kappa shape index (κ3) is 48.2. The minimum atomic E-state index is -1.63. The molecular weight excluding hydrogens is 1760 g/mol. The number of phenolic OH excluding ortho intramolecular Hbond substituents is 1. The summed E-state index contributed by atoms with van der Waals surface area (Å²) < 4.78 is 131. The summed E-state index contributed by atoms with van der Waals surface area (Å²) in [5.74, 6) is -10.9. The molecule has 0 unspecified atom stereocenters. The molecule has 0 aliphatic carbocycles. The molecule has 0 radical (unpaired) electrons. The predicted octanol–water partition coefficient (Wildman–Crippen LogP) is -3.64. The number of rotatable bonds is 64. The second-order valence-corrected chi connectivity index (χ2v) is 29.9. The minimum Gasteiger partial charge on any atom is -0.508 e. The van der Waals surface area contributed by atoms with E-state index in [2.05, 4.69) is 42.5 Å². The summed E-state index contributed by atoms with van der Waals surface area (Å²) in [7, 11) is 0.